The highest BCUT2D eigenvalue weighted by molar-refractivity contribution is 5.97. The molecule has 3 N–H and O–H groups in total. The summed E-state index contributed by atoms with van der Waals surface area (Å²) in [7, 11) is 0. The van der Waals surface area contributed by atoms with E-state index >= 15 is 0 Å². The van der Waals surface area contributed by atoms with E-state index < -0.39 is 0 Å². The number of fused-ring (bicyclic) bond motifs is 1. The monoisotopic (exact) mass is 336 g/mol. The van der Waals surface area contributed by atoms with Crippen LogP contribution in [0.2, 0.25) is 0 Å². The highest BCUT2D eigenvalue weighted by atomic mass is 16.2. The Bertz CT molecular complexity index is 450. The van der Waals surface area contributed by atoms with Gasteiger partial charge in [-0.1, -0.05) is 19.3 Å². The van der Waals surface area contributed by atoms with Gasteiger partial charge in [0.1, 0.15) is 12.1 Å². The van der Waals surface area contributed by atoms with Crippen LogP contribution < -0.4 is 11.1 Å². The highest BCUT2D eigenvalue weighted by Gasteiger charge is 2.43. The zero-order valence-corrected chi connectivity index (χ0v) is 14.7. The molecule has 0 spiro atoms. The topological polar surface area (TPSA) is 78.7 Å². The number of nitrogens with zero attached hydrogens (tertiary/aromatic N) is 2. The Morgan fingerprint density at radius 1 is 1.08 bits per heavy atom. The van der Waals surface area contributed by atoms with Crippen molar-refractivity contribution in [2.75, 3.05) is 32.7 Å². The first-order valence-electron chi connectivity index (χ1n) is 9.72. The maximum Gasteiger partial charge on any atom is 0.245 e. The Morgan fingerprint density at radius 3 is 2.62 bits per heavy atom. The van der Waals surface area contributed by atoms with Crippen LogP contribution in [0.3, 0.4) is 0 Å². The van der Waals surface area contributed by atoms with Crippen molar-refractivity contribution in [1.29, 1.82) is 0 Å². The standard InChI is InChI=1S/C18H32N4O2/c19-9-5-4-8-15-18(24)22-11-10-21(13-16(22)17(23)20-15)12-14-6-2-1-3-7-14/h14-16H,1-13,19H2,(H,20,23)/t15-,16+/m0/s1. The summed E-state index contributed by atoms with van der Waals surface area (Å²) in [6.07, 6.45) is 9.19. The van der Waals surface area contributed by atoms with Crippen LogP contribution in [0.4, 0.5) is 0 Å². The van der Waals surface area contributed by atoms with Gasteiger partial charge in [0.15, 0.2) is 0 Å². The van der Waals surface area contributed by atoms with Gasteiger partial charge in [-0.25, -0.2) is 0 Å². The summed E-state index contributed by atoms with van der Waals surface area (Å²) in [6.45, 7) is 4.02. The second kappa shape index (κ2) is 8.30. The number of amides is 2. The van der Waals surface area contributed by atoms with Crippen LogP contribution in [0, 0.1) is 5.92 Å². The number of carbonyl (C=O) groups excluding carboxylic acids is 2. The smallest absolute Gasteiger partial charge is 0.245 e. The Balaban J connectivity index is 1.53. The minimum atomic E-state index is -0.342. The molecular formula is C18H32N4O2. The minimum Gasteiger partial charge on any atom is -0.342 e. The highest BCUT2D eigenvalue weighted by Crippen LogP contribution is 2.26. The number of rotatable bonds is 6. The van der Waals surface area contributed by atoms with Crippen LogP contribution >= 0.6 is 0 Å². The van der Waals surface area contributed by atoms with E-state index in [1.54, 1.807) is 0 Å². The second-order valence-electron chi connectivity index (χ2n) is 7.66. The van der Waals surface area contributed by atoms with Crippen LogP contribution in [-0.4, -0.2) is 66.4 Å². The minimum absolute atomic E-state index is 0.0284. The molecule has 136 valence electrons. The summed E-state index contributed by atoms with van der Waals surface area (Å²) in [6, 6.07) is -0.634. The van der Waals surface area contributed by atoms with Gasteiger partial charge in [0.05, 0.1) is 0 Å². The fourth-order valence-electron chi connectivity index (χ4n) is 4.45. The molecule has 2 saturated heterocycles. The number of piperazine rings is 2. The van der Waals surface area contributed by atoms with Gasteiger partial charge in [-0.3, -0.25) is 14.5 Å². The summed E-state index contributed by atoms with van der Waals surface area (Å²) >= 11 is 0. The molecule has 0 radical (unpaired) electrons. The number of hydrogen-bond acceptors (Lipinski definition) is 4. The van der Waals surface area contributed by atoms with Gasteiger partial charge in [0, 0.05) is 26.2 Å². The Hall–Kier alpha value is -1.14. The molecule has 2 aliphatic heterocycles. The van der Waals surface area contributed by atoms with E-state index in [1.165, 1.54) is 32.1 Å². The average Bonchev–Trinajstić information content (AvgIpc) is 2.60. The van der Waals surface area contributed by atoms with Crippen molar-refractivity contribution in [2.24, 2.45) is 11.7 Å². The molecular weight excluding hydrogens is 304 g/mol. The van der Waals surface area contributed by atoms with Crippen molar-refractivity contribution < 1.29 is 9.59 Å². The predicted molar refractivity (Wildman–Crippen MR) is 93.4 cm³/mol. The molecule has 2 atom stereocenters. The summed E-state index contributed by atoms with van der Waals surface area (Å²) in [4.78, 5) is 29.4. The summed E-state index contributed by atoms with van der Waals surface area (Å²) in [5, 5.41) is 2.95. The van der Waals surface area contributed by atoms with Gasteiger partial charge in [-0.05, 0) is 44.6 Å². The molecule has 0 bridgehead atoms. The van der Waals surface area contributed by atoms with Gasteiger partial charge in [0.2, 0.25) is 11.8 Å². The molecule has 0 aromatic heterocycles. The van der Waals surface area contributed by atoms with E-state index in [9.17, 15) is 9.59 Å². The van der Waals surface area contributed by atoms with E-state index in [4.69, 9.17) is 5.73 Å². The molecule has 2 amide bonds. The third-order valence-electron chi connectivity index (χ3n) is 5.85. The maximum absolute atomic E-state index is 12.7. The van der Waals surface area contributed by atoms with Crippen LogP contribution in [0.15, 0.2) is 0 Å². The van der Waals surface area contributed by atoms with Crippen molar-refractivity contribution in [3.8, 4) is 0 Å². The van der Waals surface area contributed by atoms with Crippen molar-refractivity contribution in [3.05, 3.63) is 0 Å². The third-order valence-corrected chi connectivity index (χ3v) is 5.85. The van der Waals surface area contributed by atoms with Gasteiger partial charge in [0.25, 0.3) is 0 Å². The largest absolute Gasteiger partial charge is 0.342 e. The third kappa shape index (κ3) is 4.09. The maximum atomic E-state index is 12.7. The van der Waals surface area contributed by atoms with Gasteiger partial charge < -0.3 is 16.0 Å². The normalized spacial score (nSPS) is 29.5. The first-order valence-corrected chi connectivity index (χ1v) is 9.72. The molecule has 3 fully saturated rings. The van der Waals surface area contributed by atoms with E-state index in [1.807, 2.05) is 4.90 Å². The molecule has 2 heterocycles. The fourth-order valence-corrected chi connectivity index (χ4v) is 4.45. The lowest BCUT2D eigenvalue weighted by atomic mass is 9.88. The number of hydrogen-bond donors (Lipinski definition) is 2. The molecule has 24 heavy (non-hydrogen) atoms. The second-order valence-corrected chi connectivity index (χ2v) is 7.66. The van der Waals surface area contributed by atoms with Crippen LogP contribution in [0.25, 0.3) is 0 Å². The fraction of sp³-hybridized carbons (Fsp3) is 0.889. The number of unbranched alkanes of at least 4 members (excludes halogenated alkanes) is 1. The van der Waals surface area contributed by atoms with Crippen molar-refractivity contribution in [1.82, 2.24) is 15.1 Å². The Labute approximate surface area is 145 Å². The number of carbonyl (C=O) groups is 2. The van der Waals surface area contributed by atoms with E-state index in [0.717, 1.165) is 31.8 Å². The SMILES string of the molecule is NCCCC[C@@H]1NC(=O)[C@H]2CN(CC3CCCCC3)CCN2C1=O. The lowest BCUT2D eigenvalue weighted by Gasteiger charge is -2.46. The summed E-state index contributed by atoms with van der Waals surface area (Å²) in [5.41, 5.74) is 5.52. The van der Waals surface area contributed by atoms with Crippen LogP contribution in [0.1, 0.15) is 51.4 Å². The average molecular weight is 336 g/mol. The van der Waals surface area contributed by atoms with Crippen molar-refractivity contribution in [3.63, 3.8) is 0 Å². The molecule has 0 unspecified atom stereocenters. The molecule has 0 aromatic rings. The zero-order chi connectivity index (χ0) is 16.9. The molecule has 1 saturated carbocycles. The van der Waals surface area contributed by atoms with E-state index in [-0.39, 0.29) is 23.9 Å². The molecule has 6 heteroatoms. The molecule has 3 rings (SSSR count). The molecule has 1 aliphatic carbocycles. The zero-order valence-electron chi connectivity index (χ0n) is 14.7. The number of nitrogens with one attached hydrogen (secondary N) is 1. The van der Waals surface area contributed by atoms with E-state index in [2.05, 4.69) is 10.2 Å². The summed E-state index contributed by atoms with van der Waals surface area (Å²) in [5.74, 6) is 0.909. The Kier molecular flexibility index (Phi) is 6.11. The van der Waals surface area contributed by atoms with Crippen LogP contribution in [0.5, 0.6) is 0 Å². The van der Waals surface area contributed by atoms with Crippen molar-refractivity contribution >= 4 is 11.8 Å². The van der Waals surface area contributed by atoms with Gasteiger partial charge >= 0.3 is 0 Å². The predicted octanol–water partition coefficient (Wildman–Crippen LogP) is 0.707. The number of nitrogens with two attached hydrogens (primary N) is 1. The first-order chi connectivity index (χ1) is 11.7. The lowest BCUT2D eigenvalue weighted by molar-refractivity contribution is -0.153. The molecule has 0 aromatic carbocycles. The van der Waals surface area contributed by atoms with Gasteiger partial charge in [-0.2, -0.15) is 0 Å². The quantitative estimate of drug-likeness (QED) is 0.700. The molecule has 3 aliphatic rings. The van der Waals surface area contributed by atoms with E-state index in [0.29, 0.717) is 26.1 Å². The van der Waals surface area contributed by atoms with Crippen molar-refractivity contribution in [2.45, 2.75) is 63.5 Å². The first kappa shape index (κ1) is 17.7. The van der Waals surface area contributed by atoms with Crippen LogP contribution in [-0.2, 0) is 9.59 Å². The van der Waals surface area contributed by atoms with Gasteiger partial charge in [-0.15, -0.1) is 0 Å². The summed E-state index contributed by atoms with van der Waals surface area (Å²) < 4.78 is 0. The lowest BCUT2D eigenvalue weighted by Crippen LogP contribution is -2.69. The molecule has 6 nitrogen and oxygen atoms in total. The Morgan fingerprint density at radius 2 is 1.88 bits per heavy atom.